The summed E-state index contributed by atoms with van der Waals surface area (Å²) in [6.45, 7) is 0. The largest absolute Gasteiger partial charge is 0.133 e. The molecule has 0 saturated carbocycles. The molecule has 3 heteroatoms. The van der Waals surface area contributed by atoms with Gasteiger partial charge in [0.15, 0.2) is 0 Å². The van der Waals surface area contributed by atoms with E-state index in [2.05, 4.69) is 41.2 Å². The Labute approximate surface area is 86.0 Å². The highest BCUT2D eigenvalue weighted by atomic mass is 32.3. The Hall–Kier alpha value is 0.610. The molecule has 4 heterocycles. The van der Waals surface area contributed by atoms with E-state index in [9.17, 15) is 0 Å². The van der Waals surface area contributed by atoms with Gasteiger partial charge in [0.05, 0.1) is 13.7 Å². The molecule has 0 aliphatic carbocycles. The molecule has 0 unspecified atom stereocenters. The highest BCUT2D eigenvalue weighted by molar-refractivity contribution is 8.33. The molecule has 0 atom stereocenters. The lowest BCUT2D eigenvalue weighted by Crippen LogP contribution is -2.43. The van der Waals surface area contributed by atoms with E-state index < -0.39 is 0 Å². The van der Waals surface area contributed by atoms with Crippen LogP contribution in [0.4, 0.5) is 0 Å². The van der Waals surface area contributed by atoms with Gasteiger partial charge in [-0.2, -0.15) is 0 Å². The predicted octanol–water partition coefficient (Wildman–Crippen LogP) is 3.00. The lowest BCUT2D eigenvalue weighted by atomic mass is 9.79. The Bertz CT molecular complexity index is 218. The number of thioether (sulfide) groups is 3. The van der Waals surface area contributed by atoms with Gasteiger partial charge in [-0.15, -0.1) is 41.7 Å². The second-order valence-electron chi connectivity index (χ2n) is 3.73. The van der Waals surface area contributed by atoms with E-state index in [1.54, 1.807) is 0 Å². The SMILES string of the molecule is C#CC12CC3SC(C1)SC(C2)S3. The molecule has 0 N–H and O–H groups in total. The van der Waals surface area contributed by atoms with Crippen molar-refractivity contribution < 1.29 is 0 Å². The van der Waals surface area contributed by atoms with Crippen molar-refractivity contribution in [3.8, 4) is 12.3 Å². The third kappa shape index (κ3) is 1.05. The molecule has 4 fully saturated rings. The Morgan fingerprint density at radius 1 is 1.00 bits per heavy atom. The van der Waals surface area contributed by atoms with Gasteiger partial charge in [-0.05, 0) is 19.3 Å². The highest BCUT2D eigenvalue weighted by Gasteiger charge is 2.51. The predicted molar refractivity (Wildman–Crippen MR) is 59.3 cm³/mol. The molecule has 4 bridgehead atoms. The van der Waals surface area contributed by atoms with Crippen LogP contribution >= 0.6 is 35.3 Å². The minimum Gasteiger partial charge on any atom is -0.133 e. The fraction of sp³-hybridized carbons (Fsp3) is 0.778. The minimum absolute atomic E-state index is 0.307. The summed E-state index contributed by atoms with van der Waals surface area (Å²) in [6.07, 6.45) is 9.46. The van der Waals surface area contributed by atoms with Crippen molar-refractivity contribution >= 4 is 35.3 Å². The fourth-order valence-corrected chi connectivity index (χ4v) is 9.60. The summed E-state index contributed by atoms with van der Waals surface area (Å²) >= 11 is 6.45. The molecule has 4 rings (SSSR count). The number of hydrogen-bond acceptors (Lipinski definition) is 3. The summed E-state index contributed by atoms with van der Waals surface area (Å²) in [5, 5.41) is 0. The Balaban J connectivity index is 1.97. The Morgan fingerprint density at radius 2 is 1.42 bits per heavy atom. The van der Waals surface area contributed by atoms with E-state index >= 15 is 0 Å². The number of terminal acetylenes is 1. The van der Waals surface area contributed by atoms with Crippen LogP contribution in [-0.2, 0) is 0 Å². The third-order valence-electron chi connectivity index (χ3n) is 2.89. The van der Waals surface area contributed by atoms with Crippen LogP contribution in [0.3, 0.4) is 0 Å². The molecule has 0 radical (unpaired) electrons. The van der Waals surface area contributed by atoms with Gasteiger partial charge in [0.2, 0.25) is 0 Å². The number of rotatable bonds is 0. The van der Waals surface area contributed by atoms with Crippen molar-refractivity contribution in [1.29, 1.82) is 0 Å². The van der Waals surface area contributed by atoms with E-state index in [1.165, 1.54) is 19.3 Å². The van der Waals surface area contributed by atoms with Crippen molar-refractivity contribution in [1.82, 2.24) is 0 Å². The van der Waals surface area contributed by atoms with E-state index in [0.717, 1.165) is 13.7 Å². The summed E-state index contributed by atoms with van der Waals surface area (Å²) in [5.74, 6) is 3.07. The first-order valence-electron chi connectivity index (χ1n) is 4.24. The van der Waals surface area contributed by atoms with E-state index in [4.69, 9.17) is 6.42 Å². The van der Waals surface area contributed by atoms with Crippen LogP contribution in [0.1, 0.15) is 19.3 Å². The quantitative estimate of drug-likeness (QED) is 0.569. The second kappa shape index (κ2) is 2.56. The highest BCUT2D eigenvalue weighted by Crippen LogP contribution is 2.66. The zero-order valence-corrected chi connectivity index (χ0v) is 9.10. The van der Waals surface area contributed by atoms with Crippen LogP contribution in [0, 0.1) is 17.8 Å². The monoisotopic (exact) mass is 214 g/mol. The molecule has 0 aromatic rings. The number of hydrogen-bond donors (Lipinski definition) is 0. The molecule has 12 heavy (non-hydrogen) atoms. The zero-order chi connectivity index (χ0) is 8.18. The lowest BCUT2D eigenvalue weighted by molar-refractivity contribution is 0.322. The van der Waals surface area contributed by atoms with E-state index in [-0.39, 0.29) is 0 Å². The first-order chi connectivity index (χ1) is 5.80. The van der Waals surface area contributed by atoms with Crippen molar-refractivity contribution in [2.75, 3.05) is 0 Å². The summed E-state index contributed by atoms with van der Waals surface area (Å²) in [6, 6.07) is 0. The van der Waals surface area contributed by atoms with Gasteiger partial charge in [0, 0.05) is 5.41 Å². The average Bonchev–Trinajstić information content (AvgIpc) is 2.02. The van der Waals surface area contributed by atoms with Crippen LogP contribution in [0.2, 0.25) is 0 Å². The van der Waals surface area contributed by atoms with Crippen molar-refractivity contribution in [2.45, 2.75) is 33.0 Å². The van der Waals surface area contributed by atoms with Crippen molar-refractivity contribution in [3.63, 3.8) is 0 Å². The molecule has 0 amide bonds. The summed E-state index contributed by atoms with van der Waals surface area (Å²) in [4.78, 5) is 0. The maximum absolute atomic E-state index is 5.65. The topological polar surface area (TPSA) is 0 Å². The first-order valence-corrected chi connectivity index (χ1v) is 7.07. The van der Waals surface area contributed by atoms with Crippen molar-refractivity contribution in [3.05, 3.63) is 0 Å². The Morgan fingerprint density at radius 3 is 1.75 bits per heavy atom. The fourth-order valence-electron chi connectivity index (χ4n) is 2.28. The van der Waals surface area contributed by atoms with Gasteiger partial charge in [-0.3, -0.25) is 0 Å². The summed E-state index contributed by atoms with van der Waals surface area (Å²) in [5.41, 5.74) is 0.307. The van der Waals surface area contributed by atoms with Gasteiger partial charge in [0.1, 0.15) is 0 Å². The average molecular weight is 214 g/mol. The van der Waals surface area contributed by atoms with Gasteiger partial charge in [-0.25, -0.2) is 0 Å². The first kappa shape index (κ1) is 7.96. The molecule has 4 saturated heterocycles. The van der Waals surface area contributed by atoms with Crippen molar-refractivity contribution in [2.24, 2.45) is 5.41 Å². The van der Waals surface area contributed by atoms with E-state index in [0.29, 0.717) is 5.41 Å². The zero-order valence-electron chi connectivity index (χ0n) is 6.66. The van der Waals surface area contributed by atoms with Crippen LogP contribution in [0.25, 0.3) is 0 Å². The molecule has 0 aromatic heterocycles. The minimum atomic E-state index is 0.307. The van der Waals surface area contributed by atoms with Gasteiger partial charge >= 0.3 is 0 Å². The maximum atomic E-state index is 5.65. The molecule has 64 valence electrons. The molecule has 4 aliphatic rings. The normalized spacial score (nSPS) is 55.4. The Kier molecular flexibility index (Phi) is 1.70. The van der Waals surface area contributed by atoms with E-state index in [1.807, 2.05) is 0 Å². The maximum Gasteiger partial charge on any atom is 0.0539 e. The molecule has 0 aromatic carbocycles. The van der Waals surface area contributed by atoms with Crippen LogP contribution in [-0.4, -0.2) is 13.7 Å². The van der Waals surface area contributed by atoms with Gasteiger partial charge in [0.25, 0.3) is 0 Å². The third-order valence-corrected chi connectivity index (χ3v) is 7.71. The molecule has 0 spiro atoms. The van der Waals surface area contributed by atoms with Gasteiger partial charge in [-0.1, -0.05) is 5.92 Å². The lowest BCUT2D eigenvalue weighted by Gasteiger charge is -2.52. The summed E-state index contributed by atoms with van der Waals surface area (Å²) in [7, 11) is 0. The molecular weight excluding hydrogens is 204 g/mol. The summed E-state index contributed by atoms with van der Waals surface area (Å²) < 4.78 is 2.46. The van der Waals surface area contributed by atoms with Crippen LogP contribution < -0.4 is 0 Å². The van der Waals surface area contributed by atoms with Crippen LogP contribution in [0.15, 0.2) is 0 Å². The standard InChI is InChI=1S/C9H10S3/c1-2-9-3-6-10-7(4-9)12-8(5-9)11-6/h1,6-8H,3-5H2. The molecular formula is C9H10S3. The second-order valence-corrected chi connectivity index (χ2v) is 8.86. The van der Waals surface area contributed by atoms with Gasteiger partial charge < -0.3 is 0 Å². The molecule has 4 aliphatic heterocycles. The van der Waals surface area contributed by atoms with Crippen LogP contribution in [0.5, 0.6) is 0 Å². The smallest absolute Gasteiger partial charge is 0.0539 e. The molecule has 0 nitrogen and oxygen atoms in total.